The highest BCUT2D eigenvalue weighted by molar-refractivity contribution is 6.42. The van der Waals surface area contributed by atoms with Crippen LogP contribution in [-0.4, -0.2) is 18.2 Å². The fourth-order valence-electron chi connectivity index (χ4n) is 2.91. The number of aromatic carboxylic acids is 1. The van der Waals surface area contributed by atoms with Crippen molar-refractivity contribution in [3.05, 3.63) is 85.9 Å². The van der Waals surface area contributed by atoms with Crippen LogP contribution in [0.1, 0.15) is 27.0 Å². The SMILES string of the molecule is COc1cc(CNc2cc(C(=O)O)ccc2C)c(Cl)cc1OCc1ccc(Cl)c(Cl)c1. The van der Waals surface area contributed by atoms with Gasteiger partial charge in [0.25, 0.3) is 0 Å². The van der Waals surface area contributed by atoms with Gasteiger partial charge in [0.15, 0.2) is 11.5 Å². The fourth-order valence-corrected chi connectivity index (χ4v) is 3.45. The molecule has 0 aliphatic rings. The van der Waals surface area contributed by atoms with Crippen molar-refractivity contribution in [2.24, 2.45) is 0 Å². The van der Waals surface area contributed by atoms with E-state index in [1.165, 1.54) is 0 Å². The third kappa shape index (κ3) is 5.76. The van der Waals surface area contributed by atoms with E-state index in [0.29, 0.717) is 33.1 Å². The molecular weight excluding hydrogens is 461 g/mol. The standard InChI is InChI=1S/C23H20Cl3NO4/c1-13-3-5-15(23(28)29)8-20(13)27-11-16-9-21(30-2)22(10-18(16)25)31-12-14-4-6-17(24)19(26)7-14/h3-10,27H,11-12H2,1-2H3,(H,28,29). The second-order valence-electron chi connectivity index (χ2n) is 6.82. The summed E-state index contributed by atoms with van der Waals surface area (Å²) in [4.78, 5) is 11.2. The Morgan fingerprint density at radius 2 is 1.74 bits per heavy atom. The number of benzene rings is 3. The van der Waals surface area contributed by atoms with Gasteiger partial charge in [0.05, 0.1) is 22.7 Å². The maximum Gasteiger partial charge on any atom is 0.335 e. The van der Waals surface area contributed by atoms with Crippen LogP contribution < -0.4 is 14.8 Å². The van der Waals surface area contributed by atoms with Gasteiger partial charge < -0.3 is 19.9 Å². The maximum atomic E-state index is 11.2. The molecule has 0 aliphatic heterocycles. The molecule has 0 saturated heterocycles. The molecule has 3 aromatic rings. The second kappa shape index (κ2) is 10.1. The number of carboxylic acid groups (broad SMARTS) is 1. The molecule has 0 atom stereocenters. The van der Waals surface area contributed by atoms with E-state index in [2.05, 4.69) is 5.32 Å². The molecule has 31 heavy (non-hydrogen) atoms. The minimum absolute atomic E-state index is 0.211. The number of rotatable bonds is 8. The molecule has 0 amide bonds. The summed E-state index contributed by atoms with van der Waals surface area (Å²) in [6, 6.07) is 13.7. The summed E-state index contributed by atoms with van der Waals surface area (Å²) in [5.74, 6) is 0.0369. The fraction of sp³-hybridized carbons (Fsp3) is 0.174. The van der Waals surface area contributed by atoms with E-state index in [-0.39, 0.29) is 12.2 Å². The number of anilines is 1. The average molecular weight is 481 g/mol. The normalized spacial score (nSPS) is 10.6. The Kier molecular flexibility index (Phi) is 7.55. The van der Waals surface area contributed by atoms with E-state index in [4.69, 9.17) is 44.3 Å². The zero-order valence-electron chi connectivity index (χ0n) is 16.8. The molecule has 3 aromatic carbocycles. The van der Waals surface area contributed by atoms with E-state index in [9.17, 15) is 9.90 Å². The Morgan fingerprint density at radius 3 is 2.42 bits per heavy atom. The highest BCUT2D eigenvalue weighted by Crippen LogP contribution is 2.35. The molecule has 0 fully saturated rings. The molecule has 0 bridgehead atoms. The van der Waals surface area contributed by atoms with E-state index < -0.39 is 5.97 Å². The minimum Gasteiger partial charge on any atom is -0.493 e. The predicted molar refractivity (Wildman–Crippen MR) is 124 cm³/mol. The van der Waals surface area contributed by atoms with Crippen molar-refractivity contribution in [3.8, 4) is 11.5 Å². The van der Waals surface area contributed by atoms with Crippen LogP contribution >= 0.6 is 34.8 Å². The van der Waals surface area contributed by atoms with Crippen LogP contribution in [0, 0.1) is 6.92 Å². The molecule has 0 aromatic heterocycles. The highest BCUT2D eigenvalue weighted by Gasteiger charge is 2.13. The predicted octanol–water partition coefficient (Wildman–Crippen LogP) is 6.85. The topological polar surface area (TPSA) is 67.8 Å². The molecule has 2 N–H and O–H groups in total. The Hall–Kier alpha value is -2.60. The first-order chi connectivity index (χ1) is 14.8. The van der Waals surface area contributed by atoms with Crippen LogP contribution in [0.25, 0.3) is 0 Å². The number of hydrogen-bond acceptors (Lipinski definition) is 4. The zero-order valence-corrected chi connectivity index (χ0v) is 19.1. The van der Waals surface area contributed by atoms with E-state index in [0.717, 1.165) is 22.4 Å². The molecule has 3 rings (SSSR count). The average Bonchev–Trinajstić information content (AvgIpc) is 2.74. The summed E-state index contributed by atoms with van der Waals surface area (Å²) in [5.41, 5.74) is 3.49. The van der Waals surface area contributed by atoms with Crippen LogP contribution in [0.5, 0.6) is 11.5 Å². The summed E-state index contributed by atoms with van der Waals surface area (Å²) in [5, 5.41) is 13.9. The van der Waals surface area contributed by atoms with Crippen LogP contribution in [0.15, 0.2) is 48.5 Å². The zero-order chi connectivity index (χ0) is 22.5. The number of nitrogens with one attached hydrogen (secondary N) is 1. The summed E-state index contributed by atoms with van der Waals surface area (Å²) in [6.07, 6.45) is 0. The van der Waals surface area contributed by atoms with Crippen LogP contribution in [0.2, 0.25) is 15.1 Å². The van der Waals surface area contributed by atoms with Crippen LogP contribution in [0.4, 0.5) is 5.69 Å². The summed E-state index contributed by atoms with van der Waals surface area (Å²) in [7, 11) is 1.55. The largest absolute Gasteiger partial charge is 0.493 e. The smallest absolute Gasteiger partial charge is 0.335 e. The van der Waals surface area contributed by atoms with Crippen LogP contribution in [0.3, 0.4) is 0 Å². The molecule has 8 heteroatoms. The van der Waals surface area contributed by atoms with Crippen molar-refractivity contribution >= 4 is 46.5 Å². The molecular formula is C23H20Cl3NO4. The quantitative estimate of drug-likeness (QED) is 0.369. The molecule has 162 valence electrons. The van der Waals surface area contributed by atoms with Crippen molar-refractivity contribution in [2.45, 2.75) is 20.1 Å². The first kappa shape index (κ1) is 23.1. The number of carbonyl (C=O) groups is 1. The molecule has 0 radical (unpaired) electrons. The summed E-state index contributed by atoms with van der Waals surface area (Å²) in [6.45, 7) is 2.55. The van der Waals surface area contributed by atoms with Crippen molar-refractivity contribution < 1.29 is 19.4 Å². The number of hydrogen-bond donors (Lipinski definition) is 2. The van der Waals surface area contributed by atoms with Gasteiger partial charge in [-0.3, -0.25) is 0 Å². The minimum atomic E-state index is -0.980. The van der Waals surface area contributed by atoms with Gasteiger partial charge in [-0.05, 0) is 53.9 Å². The molecule has 0 unspecified atom stereocenters. The summed E-state index contributed by atoms with van der Waals surface area (Å²) < 4.78 is 11.3. The monoisotopic (exact) mass is 479 g/mol. The first-order valence-electron chi connectivity index (χ1n) is 9.29. The van der Waals surface area contributed by atoms with Gasteiger partial charge in [0, 0.05) is 23.3 Å². The van der Waals surface area contributed by atoms with Gasteiger partial charge in [-0.15, -0.1) is 0 Å². The Bertz CT molecular complexity index is 1120. The Morgan fingerprint density at radius 1 is 0.968 bits per heavy atom. The lowest BCUT2D eigenvalue weighted by atomic mass is 10.1. The number of halogens is 3. The maximum absolute atomic E-state index is 11.2. The van der Waals surface area contributed by atoms with E-state index in [1.807, 2.05) is 13.0 Å². The molecule has 0 spiro atoms. The first-order valence-corrected chi connectivity index (χ1v) is 10.4. The lowest BCUT2D eigenvalue weighted by Crippen LogP contribution is -2.05. The van der Waals surface area contributed by atoms with Crippen molar-refractivity contribution in [1.82, 2.24) is 0 Å². The number of carboxylic acids is 1. The van der Waals surface area contributed by atoms with Gasteiger partial charge in [0.1, 0.15) is 6.61 Å². The van der Waals surface area contributed by atoms with Crippen molar-refractivity contribution in [3.63, 3.8) is 0 Å². The number of ether oxygens (including phenoxy) is 2. The molecule has 5 nitrogen and oxygen atoms in total. The second-order valence-corrected chi connectivity index (χ2v) is 8.04. The van der Waals surface area contributed by atoms with Gasteiger partial charge >= 0.3 is 5.97 Å². The molecule has 0 aliphatic carbocycles. The molecule has 0 heterocycles. The van der Waals surface area contributed by atoms with Crippen molar-refractivity contribution in [2.75, 3.05) is 12.4 Å². The summed E-state index contributed by atoms with van der Waals surface area (Å²) >= 11 is 18.5. The number of aryl methyl sites for hydroxylation is 1. The lowest BCUT2D eigenvalue weighted by Gasteiger charge is -2.16. The van der Waals surface area contributed by atoms with Gasteiger partial charge in [-0.25, -0.2) is 4.79 Å². The van der Waals surface area contributed by atoms with E-state index in [1.54, 1.807) is 49.6 Å². The molecule has 0 saturated carbocycles. The van der Waals surface area contributed by atoms with Gasteiger partial charge in [-0.2, -0.15) is 0 Å². The Balaban J connectivity index is 1.75. The van der Waals surface area contributed by atoms with Gasteiger partial charge in [0.2, 0.25) is 0 Å². The third-order valence-corrected chi connectivity index (χ3v) is 5.76. The van der Waals surface area contributed by atoms with E-state index >= 15 is 0 Å². The lowest BCUT2D eigenvalue weighted by molar-refractivity contribution is 0.0697. The Labute approximate surface area is 195 Å². The highest BCUT2D eigenvalue weighted by atomic mass is 35.5. The third-order valence-electron chi connectivity index (χ3n) is 4.66. The van der Waals surface area contributed by atoms with Crippen LogP contribution in [-0.2, 0) is 13.2 Å². The van der Waals surface area contributed by atoms with Crippen molar-refractivity contribution in [1.29, 1.82) is 0 Å². The van der Waals surface area contributed by atoms with Gasteiger partial charge in [-0.1, -0.05) is 46.9 Å². The number of methoxy groups -OCH3 is 1.